The Labute approximate surface area is 79.7 Å². The normalized spacial score (nSPS) is 35.9. The van der Waals surface area contributed by atoms with E-state index in [1.807, 2.05) is 0 Å². The lowest BCUT2D eigenvalue weighted by atomic mass is 9.87. The van der Waals surface area contributed by atoms with Gasteiger partial charge in [0, 0.05) is 0 Å². The van der Waals surface area contributed by atoms with Gasteiger partial charge in [0.2, 0.25) is 0 Å². The van der Waals surface area contributed by atoms with E-state index in [1.165, 1.54) is 0 Å². The lowest BCUT2D eigenvalue weighted by Crippen LogP contribution is -2.52. The maximum atomic E-state index is 11.5. The average molecular weight is 198 g/mol. The first-order valence-corrected chi connectivity index (χ1v) is 4.43. The highest BCUT2D eigenvalue weighted by Crippen LogP contribution is 2.37. The molecule has 0 aromatic rings. The highest BCUT2D eigenvalue weighted by atomic mass is 16.4. The van der Waals surface area contributed by atoms with Gasteiger partial charge in [0.05, 0.1) is 5.92 Å². The van der Waals surface area contributed by atoms with Crippen molar-refractivity contribution in [2.45, 2.75) is 24.8 Å². The highest BCUT2D eigenvalue weighted by Gasteiger charge is 2.57. The van der Waals surface area contributed by atoms with Crippen molar-refractivity contribution in [2.75, 3.05) is 0 Å². The van der Waals surface area contributed by atoms with Crippen LogP contribution in [0.1, 0.15) is 19.3 Å². The molecule has 6 heteroatoms. The highest BCUT2D eigenvalue weighted by molar-refractivity contribution is 6.09. The van der Waals surface area contributed by atoms with Crippen LogP contribution in [0.3, 0.4) is 0 Å². The number of carboxylic acids is 1. The van der Waals surface area contributed by atoms with Crippen molar-refractivity contribution in [1.82, 2.24) is 10.6 Å². The molecular weight excluding hydrogens is 188 g/mol. The van der Waals surface area contributed by atoms with Crippen LogP contribution in [-0.4, -0.2) is 28.6 Å². The van der Waals surface area contributed by atoms with Gasteiger partial charge in [-0.2, -0.15) is 0 Å². The molecule has 2 rings (SSSR count). The molecule has 14 heavy (non-hydrogen) atoms. The molecule has 3 N–H and O–H groups in total. The number of rotatable bonds is 1. The van der Waals surface area contributed by atoms with Crippen LogP contribution in [0.5, 0.6) is 0 Å². The zero-order valence-electron chi connectivity index (χ0n) is 7.37. The Morgan fingerprint density at radius 2 is 2.21 bits per heavy atom. The van der Waals surface area contributed by atoms with E-state index >= 15 is 0 Å². The molecule has 3 amide bonds. The molecule has 1 saturated carbocycles. The van der Waals surface area contributed by atoms with E-state index in [4.69, 9.17) is 5.11 Å². The minimum Gasteiger partial charge on any atom is -0.481 e. The number of aliphatic carboxylic acids is 1. The Hall–Kier alpha value is -1.59. The van der Waals surface area contributed by atoms with Gasteiger partial charge >= 0.3 is 12.0 Å². The molecule has 0 bridgehead atoms. The number of carbonyl (C=O) groups is 3. The van der Waals surface area contributed by atoms with E-state index in [0.717, 1.165) is 0 Å². The van der Waals surface area contributed by atoms with E-state index in [0.29, 0.717) is 19.3 Å². The summed E-state index contributed by atoms with van der Waals surface area (Å²) in [5, 5.41) is 13.4. The molecule has 0 aromatic carbocycles. The molecule has 0 aromatic heterocycles. The second kappa shape index (κ2) is 2.70. The summed E-state index contributed by atoms with van der Waals surface area (Å²) in [5.41, 5.74) is -1.19. The summed E-state index contributed by atoms with van der Waals surface area (Å²) >= 11 is 0. The van der Waals surface area contributed by atoms with Crippen LogP contribution in [0.4, 0.5) is 4.79 Å². The molecule has 2 fully saturated rings. The second-order valence-electron chi connectivity index (χ2n) is 3.66. The largest absolute Gasteiger partial charge is 0.481 e. The molecule has 2 atom stereocenters. The molecule has 1 aliphatic carbocycles. The van der Waals surface area contributed by atoms with Crippen LogP contribution in [0.15, 0.2) is 0 Å². The molecule has 1 saturated heterocycles. The van der Waals surface area contributed by atoms with Gasteiger partial charge in [0.1, 0.15) is 5.54 Å². The zero-order valence-corrected chi connectivity index (χ0v) is 7.37. The van der Waals surface area contributed by atoms with Gasteiger partial charge in [0.15, 0.2) is 0 Å². The molecule has 1 aliphatic heterocycles. The topological polar surface area (TPSA) is 95.5 Å². The summed E-state index contributed by atoms with van der Waals surface area (Å²) in [7, 11) is 0. The number of carbonyl (C=O) groups excluding carboxylic acids is 2. The van der Waals surface area contributed by atoms with Crippen molar-refractivity contribution in [1.29, 1.82) is 0 Å². The van der Waals surface area contributed by atoms with Crippen molar-refractivity contribution in [2.24, 2.45) is 5.92 Å². The first-order valence-electron chi connectivity index (χ1n) is 4.43. The summed E-state index contributed by atoms with van der Waals surface area (Å²) < 4.78 is 0. The third-order valence-corrected chi connectivity index (χ3v) is 2.93. The van der Waals surface area contributed by atoms with Crippen molar-refractivity contribution >= 4 is 17.9 Å². The van der Waals surface area contributed by atoms with E-state index in [1.54, 1.807) is 0 Å². The fourth-order valence-corrected chi connectivity index (χ4v) is 2.27. The Balaban J connectivity index is 2.34. The maximum Gasteiger partial charge on any atom is 0.322 e. The third-order valence-electron chi connectivity index (χ3n) is 2.93. The van der Waals surface area contributed by atoms with Gasteiger partial charge in [0.25, 0.3) is 5.91 Å². The molecule has 1 spiro atoms. The summed E-state index contributed by atoms with van der Waals surface area (Å²) in [5.74, 6) is -2.33. The molecule has 2 aliphatic rings. The van der Waals surface area contributed by atoms with E-state index in [-0.39, 0.29) is 0 Å². The molecule has 6 nitrogen and oxygen atoms in total. The lowest BCUT2D eigenvalue weighted by molar-refractivity contribution is -0.146. The van der Waals surface area contributed by atoms with E-state index < -0.39 is 29.4 Å². The average Bonchev–Trinajstić information content (AvgIpc) is 2.59. The van der Waals surface area contributed by atoms with E-state index in [2.05, 4.69) is 10.6 Å². The van der Waals surface area contributed by atoms with Crippen LogP contribution in [-0.2, 0) is 9.59 Å². The minimum atomic E-state index is -1.19. The quantitative estimate of drug-likeness (QED) is 0.492. The van der Waals surface area contributed by atoms with Gasteiger partial charge in [-0.3, -0.25) is 14.9 Å². The first-order chi connectivity index (χ1) is 6.56. The van der Waals surface area contributed by atoms with Crippen molar-refractivity contribution in [3.05, 3.63) is 0 Å². The fraction of sp³-hybridized carbons (Fsp3) is 0.625. The molecule has 0 unspecified atom stereocenters. The third kappa shape index (κ3) is 0.997. The number of hydrogen-bond donors (Lipinski definition) is 3. The molecule has 0 radical (unpaired) electrons. The minimum absolute atomic E-state index is 0.404. The van der Waals surface area contributed by atoms with Crippen LogP contribution in [0, 0.1) is 5.92 Å². The van der Waals surface area contributed by atoms with Gasteiger partial charge in [-0.25, -0.2) is 4.79 Å². The van der Waals surface area contributed by atoms with Crippen molar-refractivity contribution in [3.63, 3.8) is 0 Å². The Morgan fingerprint density at radius 1 is 1.50 bits per heavy atom. The van der Waals surface area contributed by atoms with Gasteiger partial charge in [-0.1, -0.05) is 0 Å². The van der Waals surface area contributed by atoms with Crippen LogP contribution in [0.2, 0.25) is 0 Å². The monoisotopic (exact) mass is 198 g/mol. The molecular formula is C8H10N2O4. The maximum absolute atomic E-state index is 11.5. The van der Waals surface area contributed by atoms with Crippen molar-refractivity contribution < 1.29 is 19.5 Å². The van der Waals surface area contributed by atoms with Crippen LogP contribution >= 0.6 is 0 Å². The predicted octanol–water partition coefficient (Wildman–Crippen LogP) is -0.551. The summed E-state index contributed by atoms with van der Waals surface area (Å²) in [6, 6.07) is -0.594. The molecule has 76 valence electrons. The smallest absolute Gasteiger partial charge is 0.322 e. The summed E-state index contributed by atoms with van der Waals surface area (Å²) in [6.07, 6.45) is 1.48. The Kier molecular flexibility index (Phi) is 1.73. The number of imide groups is 1. The van der Waals surface area contributed by atoms with Gasteiger partial charge in [-0.15, -0.1) is 0 Å². The second-order valence-corrected chi connectivity index (χ2v) is 3.66. The number of nitrogens with one attached hydrogen (secondary N) is 2. The SMILES string of the molecule is O=C1NC(=O)[C@]2(CCC[C@@H]2C(=O)O)N1. The Morgan fingerprint density at radius 3 is 2.71 bits per heavy atom. The molecule has 1 heterocycles. The summed E-state index contributed by atoms with van der Waals surface area (Å²) in [4.78, 5) is 33.3. The number of hydrogen-bond acceptors (Lipinski definition) is 3. The first kappa shape index (κ1) is 8.98. The lowest BCUT2D eigenvalue weighted by Gasteiger charge is -2.24. The number of amides is 3. The zero-order chi connectivity index (χ0) is 10.3. The van der Waals surface area contributed by atoms with Crippen LogP contribution < -0.4 is 10.6 Å². The van der Waals surface area contributed by atoms with Gasteiger partial charge in [-0.05, 0) is 19.3 Å². The van der Waals surface area contributed by atoms with E-state index in [9.17, 15) is 14.4 Å². The standard InChI is InChI=1S/C8H10N2O4/c11-5(12)4-2-1-3-8(4)6(13)9-7(14)10-8/h4H,1-3H2,(H,11,12)(H2,9,10,13,14)/t4-,8-/m1/s1. The number of urea groups is 1. The van der Waals surface area contributed by atoms with Crippen LogP contribution in [0.25, 0.3) is 0 Å². The van der Waals surface area contributed by atoms with Crippen molar-refractivity contribution in [3.8, 4) is 0 Å². The Bertz CT molecular complexity index is 327. The fourth-order valence-electron chi connectivity index (χ4n) is 2.27. The summed E-state index contributed by atoms with van der Waals surface area (Å²) in [6.45, 7) is 0. The predicted molar refractivity (Wildman–Crippen MR) is 44.4 cm³/mol. The number of carboxylic acid groups (broad SMARTS) is 1. The van der Waals surface area contributed by atoms with Gasteiger partial charge < -0.3 is 10.4 Å².